The first-order chi connectivity index (χ1) is 16.3. The summed E-state index contributed by atoms with van der Waals surface area (Å²) in [6.07, 6.45) is 1.49. The molecule has 178 valence electrons. The van der Waals surface area contributed by atoms with Gasteiger partial charge in [0.15, 0.2) is 5.75 Å². The summed E-state index contributed by atoms with van der Waals surface area (Å²) in [7, 11) is 1.42. The molecule has 0 bridgehead atoms. The van der Waals surface area contributed by atoms with Crippen LogP contribution in [0.15, 0.2) is 66.7 Å². The van der Waals surface area contributed by atoms with Crippen molar-refractivity contribution in [3.63, 3.8) is 0 Å². The number of hydrogen-bond acceptors (Lipinski definition) is 3. The van der Waals surface area contributed by atoms with E-state index >= 15 is 0 Å². The molecule has 0 aliphatic heterocycles. The molecule has 0 heterocycles. The number of nitrogens with one attached hydrogen (secondary N) is 1. The molecule has 1 N–H and O–H groups in total. The Bertz CT molecular complexity index is 1140. The van der Waals surface area contributed by atoms with Gasteiger partial charge in [0.05, 0.1) is 23.9 Å². The summed E-state index contributed by atoms with van der Waals surface area (Å²) in [4.78, 5) is 12.9. The van der Waals surface area contributed by atoms with Crippen LogP contribution in [0.2, 0.25) is 0 Å². The molecule has 4 nitrogen and oxygen atoms in total. The van der Waals surface area contributed by atoms with Crippen molar-refractivity contribution in [2.24, 2.45) is 0 Å². The minimum absolute atomic E-state index is 0.0814. The van der Waals surface area contributed by atoms with E-state index in [1.165, 1.54) is 44.1 Å². The van der Waals surface area contributed by atoms with E-state index in [-0.39, 0.29) is 17.0 Å². The molecule has 0 unspecified atom stereocenters. The van der Waals surface area contributed by atoms with E-state index in [0.717, 1.165) is 25.0 Å². The molecule has 0 atom stereocenters. The average Bonchev–Trinajstić information content (AvgIpc) is 2.85. The summed E-state index contributed by atoms with van der Waals surface area (Å²) in [6.45, 7) is 0. The molecule has 7 heteroatoms. The third kappa shape index (κ3) is 5.53. The minimum atomic E-state index is -4.57. The summed E-state index contributed by atoms with van der Waals surface area (Å²) in [6, 6.07) is 17.1. The Balaban J connectivity index is 1.60. The van der Waals surface area contributed by atoms with Crippen molar-refractivity contribution in [2.45, 2.75) is 44.2 Å². The zero-order valence-electron chi connectivity index (χ0n) is 18.8. The van der Waals surface area contributed by atoms with Crippen LogP contribution in [0.4, 0.5) is 18.9 Å². The molecule has 0 aromatic heterocycles. The quantitative estimate of drug-likeness (QED) is 0.401. The summed E-state index contributed by atoms with van der Waals surface area (Å²) < 4.78 is 51.2. The minimum Gasteiger partial charge on any atom is -0.496 e. The third-order valence-electron chi connectivity index (χ3n) is 6.09. The normalized spacial score (nSPS) is 14.5. The maximum Gasteiger partial charge on any atom is 0.416 e. The molecule has 1 aliphatic rings. The predicted octanol–water partition coefficient (Wildman–Crippen LogP) is 7.81. The highest BCUT2D eigenvalue weighted by Crippen LogP contribution is 2.38. The molecular weight excluding hydrogens is 443 g/mol. The van der Waals surface area contributed by atoms with Crippen LogP contribution in [0.1, 0.15) is 59.5 Å². The highest BCUT2D eigenvalue weighted by molar-refractivity contribution is 6.07. The summed E-state index contributed by atoms with van der Waals surface area (Å²) in [5.74, 6) is 0.834. The van der Waals surface area contributed by atoms with Crippen molar-refractivity contribution in [3.05, 3.63) is 83.4 Å². The van der Waals surface area contributed by atoms with Gasteiger partial charge in [-0.2, -0.15) is 13.2 Å². The molecule has 1 aliphatic carbocycles. The molecule has 3 aromatic carbocycles. The largest absolute Gasteiger partial charge is 0.496 e. The number of anilines is 1. The van der Waals surface area contributed by atoms with Crippen molar-refractivity contribution in [1.29, 1.82) is 0 Å². The zero-order valence-corrected chi connectivity index (χ0v) is 18.8. The number of rotatable bonds is 6. The average molecular weight is 470 g/mol. The van der Waals surface area contributed by atoms with Gasteiger partial charge in [-0.3, -0.25) is 4.79 Å². The first kappa shape index (κ1) is 23.7. The number of halogens is 3. The van der Waals surface area contributed by atoms with Crippen LogP contribution in [0.5, 0.6) is 17.2 Å². The number of carbonyl (C=O) groups is 1. The van der Waals surface area contributed by atoms with Crippen LogP contribution in [-0.4, -0.2) is 13.0 Å². The number of ether oxygens (including phenoxy) is 2. The Kier molecular flexibility index (Phi) is 7.10. The predicted molar refractivity (Wildman–Crippen MR) is 125 cm³/mol. The van der Waals surface area contributed by atoms with Gasteiger partial charge in [-0.25, -0.2) is 0 Å². The molecule has 0 spiro atoms. The lowest BCUT2D eigenvalue weighted by molar-refractivity contribution is -0.137. The van der Waals surface area contributed by atoms with E-state index in [2.05, 4.69) is 5.32 Å². The van der Waals surface area contributed by atoms with Gasteiger partial charge >= 0.3 is 6.18 Å². The molecule has 1 fully saturated rings. The number of amides is 1. The highest BCUT2D eigenvalue weighted by Gasteiger charge is 2.31. The lowest BCUT2D eigenvalue weighted by Gasteiger charge is -2.22. The summed E-state index contributed by atoms with van der Waals surface area (Å²) >= 11 is 0. The van der Waals surface area contributed by atoms with Crippen molar-refractivity contribution in [1.82, 2.24) is 0 Å². The van der Waals surface area contributed by atoms with Gasteiger partial charge in [0.2, 0.25) is 0 Å². The number of benzene rings is 3. The van der Waals surface area contributed by atoms with Gasteiger partial charge in [0, 0.05) is 0 Å². The fourth-order valence-corrected chi connectivity index (χ4v) is 4.29. The number of alkyl halides is 3. The van der Waals surface area contributed by atoms with E-state index < -0.39 is 17.6 Å². The van der Waals surface area contributed by atoms with Crippen LogP contribution < -0.4 is 14.8 Å². The Hall–Kier alpha value is -3.48. The Morgan fingerprint density at radius 1 is 0.912 bits per heavy atom. The topological polar surface area (TPSA) is 47.6 Å². The van der Waals surface area contributed by atoms with Crippen molar-refractivity contribution in [2.75, 3.05) is 12.4 Å². The molecule has 0 saturated heterocycles. The molecule has 1 amide bonds. The van der Waals surface area contributed by atoms with Gasteiger partial charge < -0.3 is 14.8 Å². The van der Waals surface area contributed by atoms with Gasteiger partial charge in [-0.05, 0) is 66.8 Å². The molecule has 0 radical (unpaired) electrons. The highest BCUT2D eigenvalue weighted by atomic mass is 19.4. The lowest BCUT2D eigenvalue weighted by Crippen LogP contribution is -2.15. The monoisotopic (exact) mass is 469 g/mol. The summed E-state index contributed by atoms with van der Waals surface area (Å²) in [5, 5.41) is 2.55. The first-order valence-electron chi connectivity index (χ1n) is 11.3. The molecule has 34 heavy (non-hydrogen) atoms. The molecule has 1 saturated carbocycles. The van der Waals surface area contributed by atoms with Crippen LogP contribution in [0.3, 0.4) is 0 Å². The van der Waals surface area contributed by atoms with Gasteiger partial charge in [0.1, 0.15) is 11.5 Å². The number of carbonyl (C=O) groups excluding carboxylic acids is 1. The molecule has 3 aromatic rings. The smallest absolute Gasteiger partial charge is 0.416 e. The maximum atomic E-state index is 13.4. The van der Waals surface area contributed by atoms with Crippen molar-refractivity contribution < 1.29 is 27.4 Å². The van der Waals surface area contributed by atoms with E-state index in [1.54, 1.807) is 18.2 Å². The van der Waals surface area contributed by atoms with Gasteiger partial charge in [-0.1, -0.05) is 43.5 Å². The lowest BCUT2D eigenvalue weighted by atomic mass is 9.84. The van der Waals surface area contributed by atoms with E-state index in [1.807, 2.05) is 24.3 Å². The van der Waals surface area contributed by atoms with Crippen LogP contribution in [-0.2, 0) is 6.18 Å². The van der Waals surface area contributed by atoms with Gasteiger partial charge in [0.25, 0.3) is 5.91 Å². The fourth-order valence-electron chi connectivity index (χ4n) is 4.29. The standard InChI is InChI=1S/C27H26F3NO3/c1-33-24-10-6-5-9-22(24)26(32)31-23-17-20(27(28,29)30)13-16-25(23)34-21-14-11-19(12-15-21)18-7-3-2-4-8-18/h5-6,9-18H,2-4,7-8H2,1H3,(H,31,32). The second kappa shape index (κ2) is 10.2. The van der Waals surface area contributed by atoms with Crippen molar-refractivity contribution >= 4 is 11.6 Å². The second-order valence-electron chi connectivity index (χ2n) is 8.37. The van der Waals surface area contributed by atoms with Crippen LogP contribution >= 0.6 is 0 Å². The van der Waals surface area contributed by atoms with E-state index in [9.17, 15) is 18.0 Å². The van der Waals surface area contributed by atoms with E-state index in [4.69, 9.17) is 9.47 Å². The van der Waals surface area contributed by atoms with E-state index in [0.29, 0.717) is 17.4 Å². The Morgan fingerprint density at radius 3 is 2.29 bits per heavy atom. The molecular formula is C27H26F3NO3. The van der Waals surface area contributed by atoms with Crippen molar-refractivity contribution in [3.8, 4) is 17.2 Å². The second-order valence-corrected chi connectivity index (χ2v) is 8.37. The SMILES string of the molecule is COc1ccccc1C(=O)Nc1cc(C(F)(F)F)ccc1Oc1ccc(C2CCCCC2)cc1. The Morgan fingerprint density at radius 2 is 1.62 bits per heavy atom. The fraction of sp³-hybridized carbons (Fsp3) is 0.296. The van der Waals surface area contributed by atoms with Crippen LogP contribution in [0.25, 0.3) is 0 Å². The van der Waals surface area contributed by atoms with Crippen LogP contribution in [0, 0.1) is 0 Å². The zero-order chi connectivity index (χ0) is 24.1. The maximum absolute atomic E-state index is 13.4. The first-order valence-corrected chi connectivity index (χ1v) is 11.3. The summed E-state index contributed by atoms with van der Waals surface area (Å²) in [5.41, 5.74) is 0.472. The van der Waals surface area contributed by atoms with Gasteiger partial charge in [-0.15, -0.1) is 0 Å². The molecule has 4 rings (SSSR count). The number of para-hydroxylation sites is 1. The number of hydrogen-bond donors (Lipinski definition) is 1. The Labute approximate surface area is 196 Å². The third-order valence-corrected chi connectivity index (χ3v) is 6.09. The number of methoxy groups -OCH3 is 1.